The Hall–Kier alpha value is -3.48. The molecule has 2 amide bonds. The average molecular weight is 440 g/mol. The molecule has 0 aliphatic carbocycles. The molecule has 1 aliphatic heterocycles. The Morgan fingerprint density at radius 1 is 1.03 bits per heavy atom. The van der Waals surface area contributed by atoms with Crippen LogP contribution in [-0.4, -0.2) is 42.8 Å². The molecule has 2 aromatic carbocycles. The van der Waals surface area contributed by atoms with Crippen molar-refractivity contribution >= 4 is 12.0 Å². The number of amides is 2. The van der Waals surface area contributed by atoms with Crippen molar-refractivity contribution in [3.63, 3.8) is 0 Å². The van der Waals surface area contributed by atoms with Gasteiger partial charge >= 0.3 is 6.09 Å². The second-order valence-corrected chi connectivity index (χ2v) is 8.41. The summed E-state index contributed by atoms with van der Waals surface area (Å²) in [5, 5.41) is 0. The molecule has 1 unspecified atom stereocenters. The standard InChI is InChI=1S/C25H29NO6/c1-25(2,3)32-24(28)26-20(13-17-9-7-6-8-10-17)22(15-23(26)27)31-16-18-14-19(29-4)11-12-21(18)30-5/h6-12,14-15,20H,13,16H2,1-5H3. The van der Waals surface area contributed by atoms with Crippen molar-refractivity contribution in [2.24, 2.45) is 0 Å². The van der Waals surface area contributed by atoms with E-state index in [1.165, 1.54) is 6.08 Å². The normalized spacial score (nSPS) is 15.9. The van der Waals surface area contributed by atoms with Gasteiger partial charge in [0.05, 0.1) is 14.2 Å². The average Bonchev–Trinajstić information content (AvgIpc) is 3.06. The lowest BCUT2D eigenvalue weighted by atomic mass is 10.0. The minimum absolute atomic E-state index is 0.146. The van der Waals surface area contributed by atoms with E-state index >= 15 is 0 Å². The van der Waals surface area contributed by atoms with Gasteiger partial charge in [-0.2, -0.15) is 0 Å². The lowest BCUT2D eigenvalue weighted by molar-refractivity contribution is -0.125. The molecule has 0 fully saturated rings. The summed E-state index contributed by atoms with van der Waals surface area (Å²) in [6, 6.07) is 14.4. The van der Waals surface area contributed by atoms with Gasteiger partial charge in [0.1, 0.15) is 35.5 Å². The smallest absolute Gasteiger partial charge is 0.418 e. The number of nitrogens with zero attached hydrogens (tertiary/aromatic N) is 1. The van der Waals surface area contributed by atoms with E-state index in [2.05, 4.69) is 0 Å². The van der Waals surface area contributed by atoms with E-state index in [4.69, 9.17) is 18.9 Å². The van der Waals surface area contributed by atoms with Gasteiger partial charge in [-0.15, -0.1) is 0 Å². The number of rotatable bonds is 7. The summed E-state index contributed by atoms with van der Waals surface area (Å²) in [6.07, 6.45) is 1.06. The second-order valence-electron chi connectivity index (χ2n) is 8.41. The second kappa shape index (κ2) is 9.77. The van der Waals surface area contributed by atoms with Crippen LogP contribution in [0.25, 0.3) is 0 Å². The number of hydrogen-bond donors (Lipinski definition) is 0. The third-order valence-electron chi connectivity index (χ3n) is 4.89. The van der Waals surface area contributed by atoms with Gasteiger partial charge in [-0.3, -0.25) is 4.79 Å². The van der Waals surface area contributed by atoms with Crippen molar-refractivity contribution in [2.45, 2.75) is 45.4 Å². The molecule has 7 nitrogen and oxygen atoms in total. The predicted octanol–water partition coefficient (Wildman–Crippen LogP) is 4.49. The van der Waals surface area contributed by atoms with Crippen molar-refractivity contribution in [3.05, 3.63) is 71.5 Å². The zero-order valence-corrected chi connectivity index (χ0v) is 19.1. The van der Waals surface area contributed by atoms with Crippen LogP contribution >= 0.6 is 0 Å². The van der Waals surface area contributed by atoms with Gasteiger partial charge < -0.3 is 18.9 Å². The van der Waals surface area contributed by atoms with Crippen LogP contribution in [0.3, 0.4) is 0 Å². The first-order chi connectivity index (χ1) is 15.2. The topological polar surface area (TPSA) is 74.3 Å². The van der Waals surface area contributed by atoms with E-state index in [9.17, 15) is 9.59 Å². The number of carbonyl (C=O) groups is 2. The molecule has 32 heavy (non-hydrogen) atoms. The lowest BCUT2D eigenvalue weighted by Gasteiger charge is -2.28. The monoisotopic (exact) mass is 439 g/mol. The Labute approximate surface area is 188 Å². The van der Waals surface area contributed by atoms with Gasteiger partial charge in [0.25, 0.3) is 5.91 Å². The number of hydrogen-bond acceptors (Lipinski definition) is 6. The number of carbonyl (C=O) groups excluding carboxylic acids is 2. The first kappa shape index (κ1) is 23.2. The minimum atomic E-state index is -0.730. The van der Waals surface area contributed by atoms with Gasteiger partial charge in [-0.05, 0) is 44.5 Å². The van der Waals surface area contributed by atoms with Crippen LogP contribution in [0.15, 0.2) is 60.4 Å². The van der Waals surface area contributed by atoms with Crippen molar-refractivity contribution in [3.8, 4) is 11.5 Å². The summed E-state index contributed by atoms with van der Waals surface area (Å²) in [4.78, 5) is 26.7. The van der Waals surface area contributed by atoms with Crippen LogP contribution < -0.4 is 9.47 Å². The Morgan fingerprint density at radius 2 is 1.75 bits per heavy atom. The van der Waals surface area contributed by atoms with Gasteiger partial charge in [0, 0.05) is 18.1 Å². The van der Waals surface area contributed by atoms with E-state index in [0.717, 1.165) is 16.0 Å². The zero-order chi connectivity index (χ0) is 23.3. The molecule has 0 spiro atoms. The maximum atomic E-state index is 12.8. The van der Waals surface area contributed by atoms with E-state index in [0.29, 0.717) is 23.7 Å². The van der Waals surface area contributed by atoms with Crippen LogP contribution in [-0.2, 0) is 27.3 Å². The molecule has 0 radical (unpaired) electrons. The fourth-order valence-electron chi connectivity index (χ4n) is 3.42. The molecule has 2 aromatic rings. The SMILES string of the molecule is COc1ccc(OC)c(COC2=CC(=O)N(C(=O)OC(C)(C)C)C2Cc2ccccc2)c1. The first-order valence-electron chi connectivity index (χ1n) is 10.4. The van der Waals surface area contributed by atoms with Crippen LogP contribution in [0.1, 0.15) is 31.9 Å². The summed E-state index contributed by atoms with van der Waals surface area (Å²) >= 11 is 0. The minimum Gasteiger partial charge on any atom is -0.497 e. The highest BCUT2D eigenvalue weighted by Gasteiger charge is 2.41. The van der Waals surface area contributed by atoms with Crippen LogP contribution in [0, 0.1) is 0 Å². The first-order valence-corrected chi connectivity index (χ1v) is 10.4. The lowest BCUT2D eigenvalue weighted by Crippen LogP contribution is -2.44. The molecule has 0 aromatic heterocycles. The van der Waals surface area contributed by atoms with Gasteiger partial charge in [-0.1, -0.05) is 30.3 Å². The molecule has 0 bridgehead atoms. The maximum Gasteiger partial charge on any atom is 0.418 e. The molecule has 170 valence electrons. The fraction of sp³-hybridized carbons (Fsp3) is 0.360. The Morgan fingerprint density at radius 3 is 2.38 bits per heavy atom. The van der Waals surface area contributed by atoms with Crippen molar-refractivity contribution < 1.29 is 28.5 Å². The summed E-state index contributed by atoms with van der Waals surface area (Å²) in [5.41, 5.74) is 0.996. The van der Waals surface area contributed by atoms with E-state index in [1.54, 1.807) is 47.1 Å². The fourth-order valence-corrected chi connectivity index (χ4v) is 3.42. The number of imide groups is 1. The number of methoxy groups -OCH3 is 2. The van der Waals surface area contributed by atoms with Crippen LogP contribution in [0.5, 0.6) is 11.5 Å². The van der Waals surface area contributed by atoms with Crippen LogP contribution in [0.2, 0.25) is 0 Å². The largest absolute Gasteiger partial charge is 0.497 e. The molecular weight excluding hydrogens is 410 g/mol. The molecule has 0 saturated carbocycles. The zero-order valence-electron chi connectivity index (χ0n) is 19.1. The molecule has 3 rings (SSSR count). The van der Waals surface area contributed by atoms with Gasteiger partial charge in [0.2, 0.25) is 0 Å². The highest BCUT2D eigenvalue weighted by atomic mass is 16.6. The quantitative estimate of drug-likeness (QED) is 0.633. The third kappa shape index (κ3) is 5.60. The summed E-state index contributed by atoms with van der Waals surface area (Å²) in [5.74, 6) is 1.23. The van der Waals surface area contributed by atoms with E-state index in [1.807, 2.05) is 36.4 Å². The molecule has 0 N–H and O–H groups in total. The predicted molar refractivity (Wildman–Crippen MR) is 119 cm³/mol. The van der Waals surface area contributed by atoms with E-state index < -0.39 is 23.6 Å². The molecule has 7 heteroatoms. The molecular formula is C25H29NO6. The maximum absolute atomic E-state index is 12.8. The third-order valence-corrected chi connectivity index (χ3v) is 4.89. The van der Waals surface area contributed by atoms with Crippen molar-refractivity contribution in [2.75, 3.05) is 14.2 Å². The van der Waals surface area contributed by atoms with Gasteiger partial charge in [-0.25, -0.2) is 9.69 Å². The molecule has 1 aliphatic rings. The number of benzene rings is 2. The number of ether oxygens (including phenoxy) is 4. The highest BCUT2D eigenvalue weighted by Crippen LogP contribution is 2.30. The molecule has 0 saturated heterocycles. The van der Waals surface area contributed by atoms with Crippen molar-refractivity contribution in [1.82, 2.24) is 4.90 Å². The molecule has 1 atom stereocenters. The highest BCUT2D eigenvalue weighted by molar-refractivity contribution is 6.02. The molecule has 1 heterocycles. The summed E-state index contributed by atoms with van der Waals surface area (Å²) in [7, 11) is 3.16. The van der Waals surface area contributed by atoms with Crippen LogP contribution in [0.4, 0.5) is 4.79 Å². The summed E-state index contributed by atoms with van der Waals surface area (Å²) < 4.78 is 22.2. The van der Waals surface area contributed by atoms with Gasteiger partial charge in [0.15, 0.2) is 0 Å². The van der Waals surface area contributed by atoms with E-state index in [-0.39, 0.29) is 6.61 Å². The summed E-state index contributed by atoms with van der Waals surface area (Å²) in [6.45, 7) is 5.43. The Bertz CT molecular complexity index is 993. The van der Waals surface area contributed by atoms with Crippen molar-refractivity contribution in [1.29, 1.82) is 0 Å². The Kier molecular flexibility index (Phi) is 7.08. The Balaban J connectivity index is 1.85.